The van der Waals surface area contributed by atoms with Crippen LogP contribution in [0, 0.1) is 6.92 Å². The summed E-state index contributed by atoms with van der Waals surface area (Å²) in [6, 6.07) is 12.8. The van der Waals surface area contributed by atoms with Gasteiger partial charge in [0, 0.05) is 22.7 Å². The number of aryl methyl sites for hydroxylation is 1. The second-order valence-electron chi connectivity index (χ2n) is 8.33. The summed E-state index contributed by atoms with van der Waals surface area (Å²) in [4.78, 5) is 26.3. The third kappa shape index (κ3) is 6.93. The number of nitrogens with one attached hydrogen (secondary N) is 1. The fraction of sp³-hybridized carbons (Fsp3) is 0.346. The number of rotatable bonds is 9. The minimum Gasteiger partial charge on any atom is -0.497 e. The zero-order chi connectivity index (χ0) is 26.8. The highest BCUT2D eigenvalue weighted by molar-refractivity contribution is 6.30. The van der Waals surface area contributed by atoms with Crippen molar-refractivity contribution in [3.8, 4) is 11.4 Å². The minimum absolute atomic E-state index is 0.0762. The van der Waals surface area contributed by atoms with Crippen molar-refractivity contribution < 1.29 is 19.4 Å². The van der Waals surface area contributed by atoms with Gasteiger partial charge < -0.3 is 20.9 Å². The van der Waals surface area contributed by atoms with E-state index < -0.39 is 6.04 Å². The molecule has 0 radical (unpaired) electrons. The Balaban J connectivity index is 0.00000121. The monoisotopic (exact) mass is 526 g/mol. The van der Waals surface area contributed by atoms with Crippen LogP contribution in [0.4, 0.5) is 0 Å². The van der Waals surface area contributed by atoms with Crippen LogP contribution in [0.5, 0.6) is 5.75 Å². The number of nitrogens with zero attached hydrogens (tertiary/aromatic N) is 4. The molecule has 4 rings (SSSR count). The number of carbonyl (C=O) groups excluding carboxylic acids is 1. The summed E-state index contributed by atoms with van der Waals surface area (Å²) in [7, 11) is 1.63. The zero-order valence-electron chi connectivity index (χ0n) is 20.9. The van der Waals surface area contributed by atoms with Gasteiger partial charge in [-0.25, -0.2) is 0 Å². The molecule has 11 heteroatoms. The van der Waals surface area contributed by atoms with E-state index in [-0.39, 0.29) is 18.8 Å². The first-order valence-electron chi connectivity index (χ1n) is 11.9. The molecule has 0 unspecified atom stereocenters. The fourth-order valence-corrected chi connectivity index (χ4v) is 4.22. The van der Waals surface area contributed by atoms with Gasteiger partial charge >= 0.3 is 0 Å². The van der Waals surface area contributed by atoms with Gasteiger partial charge in [-0.05, 0) is 56.6 Å². The molecule has 1 aliphatic heterocycles. The maximum absolute atomic E-state index is 12.8. The molecule has 2 aromatic carbocycles. The number of halogens is 1. The van der Waals surface area contributed by atoms with E-state index in [9.17, 15) is 4.79 Å². The summed E-state index contributed by atoms with van der Waals surface area (Å²) < 4.78 is 7.47. The van der Waals surface area contributed by atoms with Gasteiger partial charge in [-0.1, -0.05) is 30.2 Å². The highest BCUT2D eigenvalue weighted by Gasteiger charge is 2.30. The Labute approximate surface area is 220 Å². The van der Waals surface area contributed by atoms with Crippen molar-refractivity contribution in [2.24, 2.45) is 10.7 Å². The van der Waals surface area contributed by atoms with Gasteiger partial charge in [-0.3, -0.25) is 19.1 Å². The molecule has 3 aromatic rings. The lowest BCUT2D eigenvalue weighted by molar-refractivity contribution is -0.123. The van der Waals surface area contributed by atoms with Crippen molar-refractivity contribution in [1.29, 1.82) is 0 Å². The number of fused-ring (bicyclic) bond motifs is 3. The molecule has 0 saturated carbocycles. The Kier molecular flexibility index (Phi) is 10.2. The quantitative estimate of drug-likeness (QED) is 0.286. The molecular formula is C26H31ClN6O4. The lowest BCUT2D eigenvalue weighted by atomic mass is 10.00. The first-order chi connectivity index (χ1) is 17.9. The van der Waals surface area contributed by atoms with Gasteiger partial charge in [0.05, 0.1) is 24.9 Å². The smallest absolute Gasteiger partial charge is 0.290 e. The van der Waals surface area contributed by atoms with Crippen LogP contribution in [-0.2, 0) is 9.59 Å². The predicted octanol–water partition coefficient (Wildman–Crippen LogP) is 3.47. The fourth-order valence-electron chi connectivity index (χ4n) is 4.10. The number of methoxy groups -OCH3 is 1. The molecule has 0 aliphatic carbocycles. The Morgan fingerprint density at radius 1 is 1.19 bits per heavy atom. The van der Waals surface area contributed by atoms with Crippen molar-refractivity contribution in [2.75, 3.05) is 20.2 Å². The number of aliphatic imine (C=N–C) groups is 1. The van der Waals surface area contributed by atoms with Crippen molar-refractivity contribution >= 4 is 29.7 Å². The van der Waals surface area contributed by atoms with E-state index in [2.05, 4.69) is 15.5 Å². The molecule has 0 spiro atoms. The number of aromatic nitrogens is 3. The highest BCUT2D eigenvalue weighted by atomic mass is 35.5. The topological polar surface area (TPSA) is 145 Å². The van der Waals surface area contributed by atoms with Crippen LogP contribution in [0.1, 0.15) is 54.5 Å². The summed E-state index contributed by atoms with van der Waals surface area (Å²) in [6.07, 6.45) is 3.01. The largest absolute Gasteiger partial charge is 0.497 e. The molecule has 0 saturated heterocycles. The van der Waals surface area contributed by atoms with Crippen molar-refractivity contribution in [2.45, 2.75) is 38.6 Å². The van der Waals surface area contributed by atoms with E-state index in [0.717, 1.165) is 47.6 Å². The minimum atomic E-state index is -0.505. The molecule has 4 N–H and O–H groups in total. The van der Waals surface area contributed by atoms with Gasteiger partial charge in [-0.15, -0.1) is 10.2 Å². The number of carbonyl (C=O) groups is 2. The maximum Gasteiger partial charge on any atom is 0.290 e. The van der Waals surface area contributed by atoms with E-state index in [1.54, 1.807) is 7.11 Å². The summed E-state index contributed by atoms with van der Waals surface area (Å²) in [5, 5.41) is 19.2. The average Bonchev–Trinajstić information content (AvgIpc) is 3.22. The third-order valence-electron chi connectivity index (χ3n) is 5.83. The molecule has 1 aliphatic rings. The number of unbranched alkanes of at least 4 members (excludes halogenated alkanes) is 2. The molecular weight excluding hydrogens is 496 g/mol. The third-order valence-corrected chi connectivity index (χ3v) is 6.08. The predicted molar refractivity (Wildman–Crippen MR) is 142 cm³/mol. The molecule has 10 nitrogen and oxygen atoms in total. The zero-order valence-corrected chi connectivity index (χ0v) is 21.6. The van der Waals surface area contributed by atoms with Crippen LogP contribution >= 0.6 is 11.6 Å². The number of amides is 1. The summed E-state index contributed by atoms with van der Waals surface area (Å²) in [5.74, 6) is 1.99. The van der Waals surface area contributed by atoms with E-state index in [1.165, 1.54) is 0 Å². The second kappa shape index (κ2) is 13.5. The van der Waals surface area contributed by atoms with Crippen molar-refractivity contribution in [3.63, 3.8) is 0 Å². The van der Waals surface area contributed by atoms with Crippen LogP contribution in [0.2, 0.25) is 5.02 Å². The second-order valence-corrected chi connectivity index (χ2v) is 8.77. The van der Waals surface area contributed by atoms with Gasteiger partial charge in [0.15, 0.2) is 5.82 Å². The lowest BCUT2D eigenvalue weighted by Crippen LogP contribution is -2.26. The number of benzene rings is 2. The summed E-state index contributed by atoms with van der Waals surface area (Å²) in [6.45, 7) is 2.92. The Hall–Kier alpha value is -3.76. The number of hydrogen-bond acceptors (Lipinski definition) is 7. The summed E-state index contributed by atoms with van der Waals surface area (Å²) >= 11 is 6.14. The van der Waals surface area contributed by atoms with E-state index >= 15 is 0 Å². The number of hydrogen-bond donors (Lipinski definition) is 3. The molecule has 1 amide bonds. The lowest BCUT2D eigenvalue weighted by Gasteiger charge is -2.14. The van der Waals surface area contributed by atoms with Crippen LogP contribution in [0.3, 0.4) is 0 Å². The maximum atomic E-state index is 12.8. The molecule has 1 aromatic heterocycles. The van der Waals surface area contributed by atoms with E-state index in [0.29, 0.717) is 29.7 Å². The van der Waals surface area contributed by atoms with Crippen molar-refractivity contribution in [1.82, 2.24) is 20.1 Å². The van der Waals surface area contributed by atoms with Crippen molar-refractivity contribution in [3.05, 3.63) is 70.3 Å². The van der Waals surface area contributed by atoms with Gasteiger partial charge in [0.1, 0.15) is 17.6 Å². The van der Waals surface area contributed by atoms with E-state index in [4.69, 9.17) is 37.0 Å². The highest BCUT2D eigenvalue weighted by Crippen LogP contribution is 2.34. The van der Waals surface area contributed by atoms with Crippen LogP contribution in [0.15, 0.2) is 47.5 Å². The van der Waals surface area contributed by atoms with E-state index in [1.807, 2.05) is 54.0 Å². The Bertz CT molecular complexity index is 1240. The number of nitrogens with two attached hydrogens (primary N) is 1. The summed E-state index contributed by atoms with van der Waals surface area (Å²) in [5.41, 5.74) is 8.94. The molecule has 37 heavy (non-hydrogen) atoms. The molecule has 2 heterocycles. The van der Waals surface area contributed by atoms with Gasteiger partial charge in [0.2, 0.25) is 5.91 Å². The first kappa shape index (κ1) is 27.8. The Morgan fingerprint density at radius 3 is 2.59 bits per heavy atom. The van der Waals surface area contributed by atoms with Crippen LogP contribution < -0.4 is 15.8 Å². The van der Waals surface area contributed by atoms with Crippen LogP contribution in [-0.4, -0.2) is 58.2 Å². The Morgan fingerprint density at radius 2 is 1.92 bits per heavy atom. The normalized spacial score (nSPS) is 13.7. The molecule has 0 fully saturated rings. The standard InChI is InChI=1S/C25H29ClN6O2.CH2O2/c1-16-30-31-25-21(15-23(33)28-13-5-3-4-12-27)29-24(17-6-8-18(26)9-7-17)20-14-19(34-2)10-11-22(20)32(16)25;2-1-3/h6-11,14,21H,3-5,12-13,15,27H2,1-2H3,(H,28,33);1H,(H,2,3)/t21-;/m0./s1. The van der Waals surface area contributed by atoms with Gasteiger partial charge in [-0.2, -0.15) is 0 Å². The molecule has 0 bridgehead atoms. The molecule has 1 atom stereocenters. The SMILES string of the molecule is COc1ccc2c(c1)C(c1ccc(Cl)cc1)=N[C@@H](CC(=O)NCCCCCN)c1nnc(C)n1-2.O=CO. The number of ether oxygens (including phenoxy) is 1. The van der Waals surface area contributed by atoms with Gasteiger partial charge in [0.25, 0.3) is 6.47 Å². The average molecular weight is 527 g/mol. The molecule has 196 valence electrons. The number of carboxylic acid groups (broad SMARTS) is 1. The first-order valence-corrected chi connectivity index (χ1v) is 12.3. The van der Waals surface area contributed by atoms with Crippen LogP contribution in [0.25, 0.3) is 5.69 Å².